The van der Waals surface area contributed by atoms with Crippen molar-refractivity contribution in [2.24, 2.45) is 5.92 Å². The predicted molar refractivity (Wildman–Crippen MR) is 128 cm³/mol. The first-order valence-corrected chi connectivity index (χ1v) is 12.3. The summed E-state index contributed by atoms with van der Waals surface area (Å²) in [5, 5.41) is 10.3. The summed E-state index contributed by atoms with van der Waals surface area (Å²) in [7, 11) is 0. The molecule has 174 valence electrons. The number of hydrogen-bond donors (Lipinski definition) is 2. The third-order valence-electron chi connectivity index (χ3n) is 6.97. The van der Waals surface area contributed by atoms with Gasteiger partial charge in [0.2, 0.25) is 0 Å². The molecule has 2 fully saturated rings. The summed E-state index contributed by atoms with van der Waals surface area (Å²) >= 11 is 13.0. The number of benzene rings is 2. The van der Waals surface area contributed by atoms with E-state index >= 15 is 0 Å². The first kappa shape index (κ1) is 22.7. The standard InChI is InChI=1S/C26H27Cl2NO4/c27-21-2-1-3-22(28)23(21)24-20(25(33-29-24)17-6-7-17)14-32-19-12-10-16(11-13-19)15-4-8-18(9-5-15)26(30)31/h1-5,8-9,16-17,19,24,29H,6-7,10-14H2,(H,30,31)/t16-,19-,24?. The van der Waals surface area contributed by atoms with E-state index in [1.807, 2.05) is 30.3 Å². The molecule has 1 atom stereocenters. The van der Waals surface area contributed by atoms with Crippen LogP contribution in [0.3, 0.4) is 0 Å². The number of aromatic carboxylic acids is 1. The van der Waals surface area contributed by atoms with Gasteiger partial charge in [-0.25, -0.2) is 4.79 Å². The number of ether oxygens (including phenoxy) is 1. The van der Waals surface area contributed by atoms with E-state index < -0.39 is 5.97 Å². The molecule has 33 heavy (non-hydrogen) atoms. The summed E-state index contributed by atoms with van der Waals surface area (Å²) in [5.74, 6) is 0.996. The maximum Gasteiger partial charge on any atom is 0.335 e. The highest BCUT2D eigenvalue weighted by Crippen LogP contribution is 2.46. The van der Waals surface area contributed by atoms with Crippen LogP contribution in [0.15, 0.2) is 53.8 Å². The summed E-state index contributed by atoms with van der Waals surface area (Å²) in [6.07, 6.45) is 6.47. The number of carbonyl (C=O) groups is 1. The third-order valence-corrected chi connectivity index (χ3v) is 7.63. The zero-order valence-electron chi connectivity index (χ0n) is 18.2. The lowest BCUT2D eigenvalue weighted by Crippen LogP contribution is -2.24. The molecule has 2 saturated carbocycles. The second kappa shape index (κ2) is 9.67. The summed E-state index contributed by atoms with van der Waals surface area (Å²) in [4.78, 5) is 17.0. The van der Waals surface area contributed by atoms with Crippen LogP contribution in [0.25, 0.3) is 0 Å². The molecule has 1 heterocycles. The van der Waals surface area contributed by atoms with E-state index in [0.29, 0.717) is 34.1 Å². The number of halogens is 2. The van der Waals surface area contributed by atoms with Crippen LogP contribution in [0.2, 0.25) is 10.0 Å². The maximum absolute atomic E-state index is 11.1. The van der Waals surface area contributed by atoms with Crippen molar-refractivity contribution in [1.29, 1.82) is 0 Å². The van der Waals surface area contributed by atoms with Crippen LogP contribution >= 0.6 is 23.2 Å². The Morgan fingerprint density at radius 2 is 1.61 bits per heavy atom. The minimum absolute atomic E-state index is 0.190. The molecule has 2 aliphatic carbocycles. The highest BCUT2D eigenvalue weighted by atomic mass is 35.5. The summed E-state index contributed by atoms with van der Waals surface area (Å²) in [6, 6.07) is 12.6. The minimum atomic E-state index is -0.889. The van der Waals surface area contributed by atoms with Gasteiger partial charge in [-0.3, -0.25) is 0 Å². The minimum Gasteiger partial charge on any atom is -0.478 e. The highest BCUT2D eigenvalue weighted by Gasteiger charge is 2.39. The number of nitrogens with one attached hydrogen (secondary N) is 1. The van der Waals surface area contributed by atoms with E-state index in [9.17, 15) is 4.79 Å². The van der Waals surface area contributed by atoms with Crippen LogP contribution < -0.4 is 5.48 Å². The molecule has 5 nitrogen and oxygen atoms in total. The third kappa shape index (κ3) is 4.92. The van der Waals surface area contributed by atoms with Gasteiger partial charge in [0.25, 0.3) is 0 Å². The number of hydroxylamine groups is 1. The van der Waals surface area contributed by atoms with Crippen molar-refractivity contribution < 1.29 is 19.5 Å². The van der Waals surface area contributed by atoms with E-state index in [0.717, 1.165) is 55.4 Å². The summed E-state index contributed by atoms with van der Waals surface area (Å²) in [6.45, 7) is 0.494. The SMILES string of the molecule is O=C(O)c1ccc([C@H]2CC[C@H](OCC3=C(C4CC4)ONC3c3c(Cl)cccc3Cl)CC2)cc1. The zero-order valence-corrected chi connectivity index (χ0v) is 19.7. The summed E-state index contributed by atoms with van der Waals surface area (Å²) < 4.78 is 6.40. The Morgan fingerprint density at radius 1 is 0.970 bits per heavy atom. The van der Waals surface area contributed by atoms with Gasteiger partial charge in [0.15, 0.2) is 0 Å². The number of carboxylic acids is 1. The fourth-order valence-electron chi connectivity index (χ4n) is 4.93. The lowest BCUT2D eigenvalue weighted by atomic mass is 9.82. The van der Waals surface area contributed by atoms with E-state index in [4.69, 9.17) is 37.9 Å². The Bertz CT molecular complexity index is 1040. The molecule has 5 rings (SSSR count). The highest BCUT2D eigenvalue weighted by molar-refractivity contribution is 6.36. The van der Waals surface area contributed by atoms with Gasteiger partial charge in [-0.2, -0.15) is 0 Å². The number of carboxylic acid groups (broad SMARTS) is 1. The maximum atomic E-state index is 11.1. The molecule has 0 amide bonds. The molecule has 0 saturated heterocycles. The van der Waals surface area contributed by atoms with Crippen molar-refractivity contribution in [2.45, 2.75) is 56.6 Å². The Kier molecular flexibility index (Phi) is 6.66. The van der Waals surface area contributed by atoms with Gasteiger partial charge in [-0.05, 0) is 74.3 Å². The Morgan fingerprint density at radius 3 is 2.21 bits per heavy atom. The van der Waals surface area contributed by atoms with E-state index in [1.165, 1.54) is 5.56 Å². The Labute approximate surface area is 203 Å². The van der Waals surface area contributed by atoms with E-state index in [-0.39, 0.29) is 12.1 Å². The van der Waals surface area contributed by atoms with Crippen molar-refractivity contribution in [3.05, 3.63) is 80.5 Å². The molecule has 0 spiro atoms. The van der Waals surface area contributed by atoms with Crippen LogP contribution in [0.1, 0.15) is 72.0 Å². The van der Waals surface area contributed by atoms with Gasteiger partial charge in [0, 0.05) is 27.1 Å². The van der Waals surface area contributed by atoms with Gasteiger partial charge in [-0.1, -0.05) is 41.4 Å². The van der Waals surface area contributed by atoms with Gasteiger partial charge < -0.3 is 14.7 Å². The topological polar surface area (TPSA) is 67.8 Å². The van der Waals surface area contributed by atoms with Crippen LogP contribution in [-0.4, -0.2) is 23.8 Å². The Hall–Kier alpha value is -2.05. The monoisotopic (exact) mass is 487 g/mol. The zero-order chi connectivity index (χ0) is 22.9. The fourth-order valence-corrected chi connectivity index (χ4v) is 5.55. The average Bonchev–Trinajstić information content (AvgIpc) is 3.58. The fraction of sp³-hybridized carbons (Fsp3) is 0.423. The molecule has 1 unspecified atom stereocenters. The van der Waals surface area contributed by atoms with Crippen LogP contribution in [0.4, 0.5) is 0 Å². The number of rotatable bonds is 7. The molecule has 3 aliphatic rings. The second-order valence-corrected chi connectivity index (χ2v) is 9.98. The van der Waals surface area contributed by atoms with Crippen molar-refractivity contribution in [1.82, 2.24) is 5.48 Å². The van der Waals surface area contributed by atoms with Crippen LogP contribution in [0, 0.1) is 5.92 Å². The lowest BCUT2D eigenvalue weighted by molar-refractivity contribution is 0.0364. The quantitative estimate of drug-likeness (QED) is 0.456. The molecule has 0 aromatic heterocycles. The average molecular weight is 488 g/mol. The van der Waals surface area contributed by atoms with Gasteiger partial charge in [-0.15, -0.1) is 5.48 Å². The summed E-state index contributed by atoms with van der Waals surface area (Å²) in [5.41, 5.74) is 6.61. The van der Waals surface area contributed by atoms with Crippen LogP contribution in [0.5, 0.6) is 0 Å². The predicted octanol–water partition coefficient (Wildman–Crippen LogP) is 6.67. The molecule has 2 aromatic rings. The van der Waals surface area contributed by atoms with E-state index in [2.05, 4.69) is 5.48 Å². The van der Waals surface area contributed by atoms with Gasteiger partial charge in [0.05, 0.1) is 24.3 Å². The second-order valence-electron chi connectivity index (χ2n) is 9.16. The van der Waals surface area contributed by atoms with Gasteiger partial charge in [0.1, 0.15) is 5.76 Å². The van der Waals surface area contributed by atoms with E-state index in [1.54, 1.807) is 12.1 Å². The molecule has 7 heteroatoms. The number of hydrogen-bond acceptors (Lipinski definition) is 4. The largest absolute Gasteiger partial charge is 0.478 e. The van der Waals surface area contributed by atoms with Crippen LogP contribution in [-0.2, 0) is 9.57 Å². The smallest absolute Gasteiger partial charge is 0.335 e. The Balaban J connectivity index is 1.23. The van der Waals surface area contributed by atoms with Crippen molar-refractivity contribution in [3.63, 3.8) is 0 Å². The molecule has 2 N–H and O–H groups in total. The normalized spacial score (nSPS) is 25.2. The van der Waals surface area contributed by atoms with Gasteiger partial charge >= 0.3 is 5.97 Å². The molecule has 0 radical (unpaired) electrons. The lowest BCUT2D eigenvalue weighted by Gasteiger charge is -2.29. The first-order chi connectivity index (χ1) is 16.0. The molecular formula is C26H27Cl2NO4. The number of allylic oxidation sites excluding steroid dienone is 1. The molecule has 0 bridgehead atoms. The molecular weight excluding hydrogens is 461 g/mol. The van der Waals surface area contributed by atoms with Crippen molar-refractivity contribution in [2.75, 3.05) is 6.61 Å². The van der Waals surface area contributed by atoms with Crippen molar-refractivity contribution in [3.8, 4) is 0 Å². The van der Waals surface area contributed by atoms with Crippen molar-refractivity contribution >= 4 is 29.2 Å². The first-order valence-electron chi connectivity index (χ1n) is 11.6. The molecule has 2 aromatic carbocycles. The molecule has 1 aliphatic heterocycles.